The Labute approximate surface area is 136 Å². The van der Waals surface area contributed by atoms with Gasteiger partial charge in [-0.15, -0.1) is 5.10 Å². The van der Waals surface area contributed by atoms with Crippen molar-refractivity contribution in [1.29, 1.82) is 0 Å². The Morgan fingerprint density at radius 1 is 1.21 bits per heavy atom. The molecule has 120 valence electrons. The Bertz CT molecular complexity index is 1010. The molecule has 0 unspecified atom stereocenters. The van der Waals surface area contributed by atoms with Crippen LogP contribution in [0.5, 0.6) is 0 Å². The van der Waals surface area contributed by atoms with E-state index in [1.807, 2.05) is 24.3 Å². The number of carbonyl (C=O) groups excluding carboxylic acids is 1. The molecule has 24 heavy (non-hydrogen) atoms. The third-order valence-electron chi connectivity index (χ3n) is 3.51. The second kappa shape index (κ2) is 5.34. The first kappa shape index (κ1) is 14.2. The van der Waals surface area contributed by atoms with Gasteiger partial charge in [0.1, 0.15) is 5.58 Å². The number of benzene rings is 1. The summed E-state index contributed by atoms with van der Waals surface area (Å²) in [6, 6.07) is 9.35. The van der Waals surface area contributed by atoms with E-state index in [1.54, 1.807) is 30.9 Å². The molecular formula is C16H13N5O3. The molecule has 0 atom stereocenters. The van der Waals surface area contributed by atoms with Crippen LogP contribution >= 0.6 is 0 Å². The maximum Gasteiger partial charge on any atom is 0.322 e. The van der Waals surface area contributed by atoms with Gasteiger partial charge in [0, 0.05) is 24.2 Å². The Hall–Kier alpha value is -3.42. The number of amides is 1. The van der Waals surface area contributed by atoms with Crippen LogP contribution in [0.15, 0.2) is 45.4 Å². The zero-order valence-corrected chi connectivity index (χ0v) is 13.0. The predicted molar refractivity (Wildman–Crippen MR) is 85.4 cm³/mol. The predicted octanol–water partition coefficient (Wildman–Crippen LogP) is 2.78. The molecule has 0 saturated carbocycles. The molecule has 4 aromatic rings. The fourth-order valence-electron chi connectivity index (χ4n) is 2.45. The van der Waals surface area contributed by atoms with E-state index in [0.29, 0.717) is 11.5 Å². The molecule has 3 aromatic heterocycles. The average Bonchev–Trinajstić information content (AvgIpc) is 3.24. The fourth-order valence-corrected chi connectivity index (χ4v) is 2.45. The topological polar surface area (TPSA) is 99.0 Å². The molecule has 0 bridgehead atoms. The van der Waals surface area contributed by atoms with Gasteiger partial charge in [-0.2, -0.15) is 5.10 Å². The van der Waals surface area contributed by atoms with Crippen molar-refractivity contribution in [3.63, 3.8) is 0 Å². The van der Waals surface area contributed by atoms with Crippen molar-refractivity contribution in [3.8, 4) is 11.7 Å². The minimum absolute atomic E-state index is 0.0134. The van der Waals surface area contributed by atoms with E-state index in [0.717, 1.165) is 16.5 Å². The smallest absolute Gasteiger partial charge is 0.322 e. The Balaban J connectivity index is 1.58. The van der Waals surface area contributed by atoms with Crippen LogP contribution in [0.25, 0.3) is 22.6 Å². The van der Waals surface area contributed by atoms with Crippen LogP contribution in [-0.4, -0.2) is 25.9 Å². The summed E-state index contributed by atoms with van der Waals surface area (Å²) in [5.41, 5.74) is 1.79. The van der Waals surface area contributed by atoms with E-state index in [9.17, 15) is 4.79 Å². The Morgan fingerprint density at radius 2 is 2.04 bits per heavy atom. The van der Waals surface area contributed by atoms with Crippen molar-refractivity contribution in [2.75, 3.05) is 5.32 Å². The molecule has 1 N–H and O–H groups in total. The number of rotatable bonds is 3. The maximum atomic E-state index is 12.2. The van der Waals surface area contributed by atoms with E-state index < -0.39 is 5.91 Å². The van der Waals surface area contributed by atoms with Gasteiger partial charge >= 0.3 is 6.01 Å². The molecule has 0 fully saturated rings. The third-order valence-corrected chi connectivity index (χ3v) is 3.51. The number of nitrogens with one attached hydrogen (secondary N) is 1. The number of furan rings is 1. The SMILES string of the molecule is Cc1cn(C)nc1C(=O)Nc1nnc(-c2cc3ccccc3o2)o1. The molecular weight excluding hydrogens is 310 g/mol. The number of nitrogens with zero attached hydrogens (tertiary/aromatic N) is 4. The summed E-state index contributed by atoms with van der Waals surface area (Å²) in [4.78, 5) is 12.2. The summed E-state index contributed by atoms with van der Waals surface area (Å²) in [7, 11) is 1.75. The molecule has 0 aliphatic rings. The lowest BCUT2D eigenvalue weighted by molar-refractivity contribution is 0.101. The second-order valence-corrected chi connectivity index (χ2v) is 5.35. The lowest BCUT2D eigenvalue weighted by Gasteiger charge is -1.97. The number of anilines is 1. The standard InChI is InChI=1S/C16H13N5O3/c1-9-8-21(2)20-13(9)14(22)17-16-19-18-15(24-16)12-7-10-5-3-4-6-11(10)23-12/h3-8H,1-2H3,(H,17,19,22). The van der Waals surface area contributed by atoms with Gasteiger partial charge in [0.05, 0.1) is 0 Å². The van der Waals surface area contributed by atoms with E-state index in [1.165, 1.54) is 0 Å². The van der Waals surface area contributed by atoms with Crippen LogP contribution in [0.2, 0.25) is 0 Å². The maximum absolute atomic E-state index is 12.2. The van der Waals surface area contributed by atoms with E-state index in [-0.39, 0.29) is 11.9 Å². The monoisotopic (exact) mass is 323 g/mol. The highest BCUT2D eigenvalue weighted by Gasteiger charge is 2.18. The van der Waals surface area contributed by atoms with Crippen molar-refractivity contribution < 1.29 is 13.6 Å². The van der Waals surface area contributed by atoms with Crippen LogP contribution in [0.1, 0.15) is 16.1 Å². The third kappa shape index (κ3) is 2.43. The van der Waals surface area contributed by atoms with Crippen molar-refractivity contribution >= 4 is 22.9 Å². The highest BCUT2D eigenvalue weighted by atomic mass is 16.4. The minimum Gasteiger partial charge on any atom is -0.451 e. The van der Waals surface area contributed by atoms with Crippen LogP contribution in [-0.2, 0) is 7.05 Å². The Kier molecular flexibility index (Phi) is 3.16. The van der Waals surface area contributed by atoms with Crippen LogP contribution < -0.4 is 5.32 Å². The molecule has 4 rings (SSSR count). The summed E-state index contributed by atoms with van der Waals surface area (Å²) in [6.45, 7) is 1.80. The number of carbonyl (C=O) groups is 1. The summed E-state index contributed by atoms with van der Waals surface area (Å²) < 4.78 is 12.7. The van der Waals surface area contributed by atoms with E-state index in [2.05, 4.69) is 20.6 Å². The molecule has 0 aliphatic heterocycles. The molecule has 8 nitrogen and oxygen atoms in total. The van der Waals surface area contributed by atoms with Crippen LogP contribution in [0.3, 0.4) is 0 Å². The van der Waals surface area contributed by atoms with Gasteiger partial charge in [-0.1, -0.05) is 23.3 Å². The average molecular weight is 323 g/mol. The highest BCUT2D eigenvalue weighted by Crippen LogP contribution is 2.27. The zero-order chi connectivity index (χ0) is 16.7. The first-order valence-corrected chi connectivity index (χ1v) is 7.24. The number of aryl methyl sites for hydroxylation is 2. The minimum atomic E-state index is -0.409. The lowest BCUT2D eigenvalue weighted by Crippen LogP contribution is -2.14. The number of hydrogen-bond acceptors (Lipinski definition) is 6. The second-order valence-electron chi connectivity index (χ2n) is 5.35. The summed E-state index contributed by atoms with van der Waals surface area (Å²) in [5.74, 6) is 0.227. The quantitative estimate of drug-likeness (QED) is 0.622. The number of para-hydroxylation sites is 1. The molecule has 8 heteroatoms. The van der Waals surface area contributed by atoms with Gasteiger partial charge in [-0.25, -0.2) is 0 Å². The number of aromatic nitrogens is 4. The Morgan fingerprint density at radius 3 is 2.79 bits per heavy atom. The zero-order valence-electron chi connectivity index (χ0n) is 13.0. The normalized spacial score (nSPS) is 11.1. The molecule has 1 aromatic carbocycles. The molecule has 0 spiro atoms. The molecule has 3 heterocycles. The fraction of sp³-hybridized carbons (Fsp3) is 0.125. The van der Waals surface area contributed by atoms with Crippen molar-refractivity contribution in [1.82, 2.24) is 20.0 Å². The first-order chi connectivity index (χ1) is 11.6. The van der Waals surface area contributed by atoms with E-state index in [4.69, 9.17) is 8.83 Å². The van der Waals surface area contributed by atoms with Gasteiger partial charge in [0.25, 0.3) is 11.8 Å². The van der Waals surface area contributed by atoms with E-state index >= 15 is 0 Å². The van der Waals surface area contributed by atoms with Crippen molar-refractivity contribution in [3.05, 3.63) is 47.8 Å². The highest BCUT2D eigenvalue weighted by molar-refractivity contribution is 6.02. The van der Waals surface area contributed by atoms with Gasteiger partial charge in [0.15, 0.2) is 11.5 Å². The van der Waals surface area contributed by atoms with Gasteiger partial charge in [-0.3, -0.25) is 14.8 Å². The molecule has 0 saturated heterocycles. The summed E-state index contributed by atoms with van der Waals surface area (Å²) >= 11 is 0. The van der Waals surface area contributed by atoms with Gasteiger partial charge < -0.3 is 8.83 Å². The van der Waals surface area contributed by atoms with Crippen molar-refractivity contribution in [2.45, 2.75) is 6.92 Å². The van der Waals surface area contributed by atoms with Crippen molar-refractivity contribution in [2.24, 2.45) is 7.05 Å². The van der Waals surface area contributed by atoms with Crippen LogP contribution in [0, 0.1) is 6.92 Å². The van der Waals surface area contributed by atoms with Crippen LogP contribution in [0.4, 0.5) is 6.01 Å². The van der Waals surface area contributed by atoms with Gasteiger partial charge in [0.2, 0.25) is 0 Å². The molecule has 0 aliphatic carbocycles. The largest absolute Gasteiger partial charge is 0.451 e. The summed E-state index contributed by atoms with van der Waals surface area (Å²) in [6.07, 6.45) is 1.75. The molecule has 0 radical (unpaired) electrons. The molecule has 1 amide bonds. The lowest BCUT2D eigenvalue weighted by atomic mass is 10.2. The number of hydrogen-bond donors (Lipinski definition) is 1. The first-order valence-electron chi connectivity index (χ1n) is 7.24. The number of fused-ring (bicyclic) bond motifs is 1. The van der Waals surface area contributed by atoms with Gasteiger partial charge in [-0.05, 0) is 19.1 Å². The summed E-state index contributed by atoms with van der Waals surface area (Å²) in [5, 5.41) is 15.3.